The van der Waals surface area contributed by atoms with Gasteiger partial charge >= 0.3 is 13.7 Å². The van der Waals surface area contributed by atoms with Gasteiger partial charge < -0.3 is 29.3 Å². The summed E-state index contributed by atoms with van der Waals surface area (Å²) in [6.45, 7) is 5.32. The Morgan fingerprint density at radius 2 is 1.11 bits per heavy atom. The van der Waals surface area contributed by atoms with Crippen LogP contribution in [0.3, 0.4) is 0 Å². The van der Waals surface area contributed by atoms with E-state index in [1.807, 2.05) is 91.0 Å². The van der Waals surface area contributed by atoms with E-state index in [1.165, 1.54) is 4.90 Å². The lowest BCUT2D eigenvalue weighted by Crippen LogP contribution is -2.55. The number of hydrogen-bond acceptors (Lipinski definition) is 7. The highest BCUT2D eigenvalue weighted by atomic mass is 31.2. The van der Waals surface area contributed by atoms with Crippen molar-refractivity contribution in [3.8, 4) is 11.5 Å². The molecule has 1 aliphatic heterocycles. The first-order valence-electron chi connectivity index (χ1n) is 18.3. The third-order valence-electron chi connectivity index (χ3n) is 9.15. The Morgan fingerprint density at radius 3 is 1.53 bits per heavy atom. The largest absolute Gasteiger partial charge is 0.453 e. The van der Waals surface area contributed by atoms with E-state index in [0.717, 1.165) is 16.7 Å². The van der Waals surface area contributed by atoms with E-state index in [9.17, 15) is 18.9 Å². The van der Waals surface area contributed by atoms with Crippen molar-refractivity contribution >= 4 is 25.5 Å². The fraction of sp³-hybridized carbons (Fsp3) is 0.250. The van der Waals surface area contributed by atoms with Crippen LogP contribution < -0.4 is 19.7 Å². The van der Waals surface area contributed by atoms with Gasteiger partial charge in [0.25, 0.3) is 0 Å². The number of para-hydroxylation sites is 2. The SMILES string of the molecule is CC(C)(C)OC(=O)N[C@@H](CC(=O)NC(c1ccccc1)(c1ccccc1)c1ccccc1)C(=O)N1CCCC1P(=O)(Oc1ccccc1)Oc1ccccc1. The van der Waals surface area contributed by atoms with Crippen molar-refractivity contribution in [3.63, 3.8) is 0 Å². The zero-order chi connectivity index (χ0) is 38.9. The van der Waals surface area contributed by atoms with Gasteiger partial charge in [0.05, 0.1) is 6.42 Å². The fourth-order valence-electron chi connectivity index (χ4n) is 6.81. The lowest BCUT2D eigenvalue weighted by atomic mass is 9.77. The van der Waals surface area contributed by atoms with Crippen LogP contribution in [0.1, 0.15) is 56.7 Å². The predicted molar refractivity (Wildman–Crippen MR) is 212 cm³/mol. The summed E-state index contributed by atoms with van der Waals surface area (Å²) in [4.78, 5) is 44.1. The van der Waals surface area contributed by atoms with Crippen molar-refractivity contribution in [1.82, 2.24) is 15.5 Å². The molecule has 284 valence electrons. The van der Waals surface area contributed by atoms with Crippen LogP contribution in [0.5, 0.6) is 11.5 Å². The highest BCUT2D eigenvalue weighted by Crippen LogP contribution is 2.57. The molecule has 2 atom stereocenters. The number of carbonyl (C=O) groups is 3. The van der Waals surface area contributed by atoms with Crippen LogP contribution in [0, 0.1) is 0 Å². The molecule has 3 amide bonds. The molecule has 11 heteroatoms. The van der Waals surface area contributed by atoms with Crippen LogP contribution in [0.15, 0.2) is 152 Å². The summed E-state index contributed by atoms with van der Waals surface area (Å²) in [6, 6.07) is 44.6. The summed E-state index contributed by atoms with van der Waals surface area (Å²) in [5, 5.41) is 5.95. The van der Waals surface area contributed by atoms with E-state index in [0.29, 0.717) is 24.3 Å². The number of nitrogens with one attached hydrogen (secondary N) is 2. The van der Waals surface area contributed by atoms with Gasteiger partial charge in [-0.15, -0.1) is 0 Å². The fourth-order valence-corrected chi connectivity index (χ4v) is 8.99. The van der Waals surface area contributed by atoms with Crippen molar-refractivity contribution in [2.75, 3.05) is 6.54 Å². The Balaban J connectivity index is 1.36. The monoisotopic (exact) mass is 759 g/mol. The van der Waals surface area contributed by atoms with E-state index >= 15 is 0 Å². The van der Waals surface area contributed by atoms with Crippen LogP contribution in [0.2, 0.25) is 0 Å². The van der Waals surface area contributed by atoms with Crippen LogP contribution >= 0.6 is 7.60 Å². The zero-order valence-corrected chi connectivity index (χ0v) is 32.1. The van der Waals surface area contributed by atoms with E-state index < -0.39 is 54.9 Å². The first-order valence-corrected chi connectivity index (χ1v) is 19.9. The highest BCUT2D eigenvalue weighted by molar-refractivity contribution is 7.55. The molecule has 1 saturated heterocycles. The van der Waals surface area contributed by atoms with Gasteiger partial charge in [-0.1, -0.05) is 127 Å². The van der Waals surface area contributed by atoms with E-state index in [4.69, 9.17) is 13.8 Å². The summed E-state index contributed by atoms with van der Waals surface area (Å²) >= 11 is 0. The number of rotatable bonds is 13. The lowest BCUT2D eigenvalue weighted by molar-refractivity contribution is -0.136. The van der Waals surface area contributed by atoms with Gasteiger partial charge in [-0.05, 0) is 74.6 Å². The Hall–Kier alpha value is -5.86. The van der Waals surface area contributed by atoms with Crippen molar-refractivity contribution in [3.05, 3.63) is 168 Å². The Morgan fingerprint density at radius 1 is 0.691 bits per heavy atom. The first kappa shape index (κ1) is 38.9. The molecule has 0 saturated carbocycles. The van der Waals surface area contributed by atoms with Crippen LogP contribution in [-0.4, -0.2) is 46.8 Å². The van der Waals surface area contributed by atoms with E-state index in [1.54, 1.807) is 81.4 Å². The molecule has 5 aromatic rings. The normalized spacial score (nSPS) is 15.0. The summed E-state index contributed by atoms with van der Waals surface area (Å²) in [6.07, 6.45) is -0.549. The Bertz CT molecular complexity index is 1940. The molecule has 0 aliphatic carbocycles. The minimum Gasteiger partial charge on any atom is -0.444 e. The number of ether oxygens (including phenoxy) is 1. The molecule has 1 aliphatic rings. The topological polar surface area (TPSA) is 123 Å². The van der Waals surface area contributed by atoms with Gasteiger partial charge in [0.15, 0.2) is 5.78 Å². The molecule has 0 radical (unpaired) electrons. The van der Waals surface area contributed by atoms with Crippen LogP contribution in [-0.2, 0) is 24.4 Å². The number of amides is 3. The standard InChI is InChI=1S/C44H46N3O7P/c1-43(2,3)52-42(50)45-38(32-39(48)46-44(33-20-9-4-10-21-33,34-22-11-5-12-23-34)35-24-13-6-14-25-35)41(49)47-31-19-30-40(47)55(51,53-36-26-15-7-16-27-36)54-37-28-17-8-18-29-37/h4-18,20-29,38,40H,19,30-32H2,1-3H3,(H,45,50)(H,46,48)/t38-,40?/m0/s1. The van der Waals surface area contributed by atoms with Crippen molar-refractivity contribution < 1.29 is 32.7 Å². The summed E-state index contributed by atoms with van der Waals surface area (Å²) in [7, 11) is -4.16. The maximum Gasteiger partial charge on any atom is 0.453 e. The van der Waals surface area contributed by atoms with E-state index in [2.05, 4.69) is 10.6 Å². The number of hydrogen-bond donors (Lipinski definition) is 2. The van der Waals surface area contributed by atoms with Gasteiger partial charge in [-0.2, -0.15) is 0 Å². The Labute approximate surface area is 322 Å². The molecule has 0 bridgehead atoms. The summed E-state index contributed by atoms with van der Waals surface area (Å²) in [5.74, 6) is -1.55. The lowest BCUT2D eigenvalue weighted by Gasteiger charge is -2.37. The molecule has 0 aromatic heterocycles. The molecule has 10 nitrogen and oxygen atoms in total. The van der Waals surface area contributed by atoms with Crippen molar-refractivity contribution in [2.45, 2.75) is 63.0 Å². The van der Waals surface area contributed by atoms with Crippen LogP contribution in [0.4, 0.5) is 4.79 Å². The molecule has 5 aromatic carbocycles. The zero-order valence-electron chi connectivity index (χ0n) is 31.2. The summed E-state index contributed by atoms with van der Waals surface area (Å²) in [5.41, 5.74) is 0.322. The van der Waals surface area contributed by atoms with E-state index in [-0.39, 0.29) is 6.54 Å². The maximum atomic E-state index is 15.0. The predicted octanol–water partition coefficient (Wildman–Crippen LogP) is 8.68. The van der Waals surface area contributed by atoms with Gasteiger partial charge in [0, 0.05) is 6.54 Å². The highest BCUT2D eigenvalue weighted by Gasteiger charge is 2.49. The maximum absolute atomic E-state index is 15.0. The second-order valence-electron chi connectivity index (χ2n) is 14.3. The third-order valence-corrected chi connectivity index (χ3v) is 11.3. The van der Waals surface area contributed by atoms with Crippen LogP contribution in [0.25, 0.3) is 0 Å². The molecule has 1 heterocycles. The molecule has 1 fully saturated rings. The molecule has 6 rings (SSSR count). The number of carbonyl (C=O) groups excluding carboxylic acids is 3. The number of alkyl carbamates (subject to hydrolysis) is 1. The quantitative estimate of drug-likeness (QED) is 0.0910. The minimum atomic E-state index is -4.16. The van der Waals surface area contributed by atoms with Gasteiger partial charge in [-0.25, -0.2) is 9.36 Å². The average Bonchev–Trinajstić information content (AvgIpc) is 3.69. The first-order chi connectivity index (χ1) is 26.5. The second kappa shape index (κ2) is 17.1. The average molecular weight is 760 g/mol. The number of benzene rings is 5. The molecule has 1 unspecified atom stereocenters. The molecule has 55 heavy (non-hydrogen) atoms. The minimum absolute atomic E-state index is 0.194. The summed E-state index contributed by atoms with van der Waals surface area (Å²) < 4.78 is 32.8. The number of nitrogens with zero attached hydrogens (tertiary/aromatic N) is 1. The van der Waals surface area contributed by atoms with Gasteiger partial charge in [0.1, 0.15) is 28.7 Å². The second-order valence-corrected chi connectivity index (χ2v) is 16.3. The van der Waals surface area contributed by atoms with Crippen molar-refractivity contribution in [1.29, 1.82) is 0 Å². The smallest absolute Gasteiger partial charge is 0.444 e. The van der Waals surface area contributed by atoms with Gasteiger partial charge in [-0.3, -0.25) is 9.59 Å². The van der Waals surface area contributed by atoms with Crippen molar-refractivity contribution in [2.24, 2.45) is 0 Å². The molecular weight excluding hydrogens is 713 g/mol. The molecule has 0 spiro atoms. The molecular formula is C44H46N3O7P. The molecule has 2 N–H and O–H groups in total. The number of likely N-dealkylation sites (tertiary alicyclic amines) is 1. The Kier molecular flexibility index (Phi) is 12.1. The van der Waals surface area contributed by atoms with Gasteiger partial charge in [0.2, 0.25) is 11.8 Å². The third kappa shape index (κ3) is 9.45.